The van der Waals surface area contributed by atoms with E-state index in [-0.39, 0.29) is 6.61 Å². The van der Waals surface area contributed by atoms with Crippen LogP contribution >= 0.6 is 22.6 Å². The zero-order valence-electron chi connectivity index (χ0n) is 8.55. The Hall–Kier alpha value is 0.1000. The number of hydrogen-bond donors (Lipinski definition) is 1. The Morgan fingerprint density at radius 1 is 1.46 bits per heavy atom. The van der Waals surface area contributed by atoms with Crippen molar-refractivity contribution in [3.05, 3.63) is 9.28 Å². The van der Waals surface area contributed by atoms with Gasteiger partial charge in [-0.05, 0) is 53.8 Å². The summed E-state index contributed by atoms with van der Waals surface area (Å²) in [6, 6.07) is 0. The second-order valence-electron chi connectivity index (χ2n) is 3.08. The van der Waals surface area contributed by atoms with Gasteiger partial charge < -0.3 is 5.11 Å². The zero-order valence-corrected chi connectivity index (χ0v) is 10.7. The van der Waals surface area contributed by atoms with Crippen molar-refractivity contribution in [3.63, 3.8) is 0 Å². The van der Waals surface area contributed by atoms with Gasteiger partial charge in [-0.15, -0.1) is 0 Å². The number of aliphatic hydroxyl groups is 1. The lowest BCUT2D eigenvalue weighted by Crippen LogP contribution is -1.97. The van der Waals surface area contributed by atoms with E-state index in [9.17, 15) is 0 Å². The molecule has 0 atom stereocenters. The Kier molecular flexibility index (Phi) is 7.56. The molecule has 0 aliphatic heterocycles. The van der Waals surface area contributed by atoms with Crippen LogP contribution in [0.3, 0.4) is 0 Å². The van der Waals surface area contributed by atoms with Crippen molar-refractivity contribution >= 4 is 28.8 Å². The van der Waals surface area contributed by atoms with Crippen molar-refractivity contribution in [2.75, 3.05) is 6.61 Å². The van der Waals surface area contributed by atoms with E-state index in [1.165, 1.54) is 0 Å². The van der Waals surface area contributed by atoms with Crippen LogP contribution in [0.2, 0.25) is 0 Å². The molecule has 0 spiro atoms. The maximum atomic E-state index is 8.85. The molecule has 1 N–H and O–H groups in total. The molecule has 2 nitrogen and oxygen atoms in total. The third-order valence-electron chi connectivity index (χ3n) is 2.04. The van der Waals surface area contributed by atoms with Gasteiger partial charge in [0.25, 0.3) is 0 Å². The van der Waals surface area contributed by atoms with Crippen LogP contribution in [0.1, 0.15) is 33.6 Å². The molecule has 0 aromatic heterocycles. The highest BCUT2D eigenvalue weighted by atomic mass is 127. The highest BCUT2D eigenvalue weighted by molar-refractivity contribution is 14.1. The number of aliphatic imine (C=N–C) groups is 1. The number of nitrogens with zero attached hydrogens (tertiary/aromatic N) is 1. The molecule has 0 saturated heterocycles. The molecule has 0 bridgehead atoms. The summed E-state index contributed by atoms with van der Waals surface area (Å²) < 4.78 is 0.909. The van der Waals surface area contributed by atoms with Gasteiger partial charge in [-0.2, -0.15) is 0 Å². The minimum Gasteiger partial charge on any atom is -0.392 e. The van der Waals surface area contributed by atoms with E-state index in [1.807, 2.05) is 13.1 Å². The summed E-state index contributed by atoms with van der Waals surface area (Å²) in [7, 11) is 0. The SMILES string of the molecule is CCC(/C=N\C(I)=C(/C)CO)CC. The molecular weight excluding hydrogens is 277 g/mol. The van der Waals surface area contributed by atoms with Crippen LogP contribution in [0.25, 0.3) is 0 Å². The quantitative estimate of drug-likeness (QED) is 0.472. The van der Waals surface area contributed by atoms with Gasteiger partial charge in [0.1, 0.15) is 3.70 Å². The molecule has 0 unspecified atom stereocenters. The molecule has 0 rings (SSSR count). The molecule has 76 valence electrons. The Bertz CT molecular complexity index is 195. The summed E-state index contributed by atoms with van der Waals surface area (Å²) in [5.74, 6) is 0.566. The third-order valence-corrected chi connectivity index (χ3v) is 3.24. The van der Waals surface area contributed by atoms with E-state index in [4.69, 9.17) is 5.11 Å². The van der Waals surface area contributed by atoms with Gasteiger partial charge in [-0.3, -0.25) is 4.99 Å². The van der Waals surface area contributed by atoms with Crippen LogP contribution in [-0.4, -0.2) is 17.9 Å². The number of halogens is 1. The first-order valence-electron chi connectivity index (χ1n) is 4.65. The zero-order chi connectivity index (χ0) is 10.3. The standard InChI is InChI=1S/C10H18INO/c1-4-9(5-2)6-12-10(11)8(3)7-13/h6,9,13H,4-5,7H2,1-3H3/b10-8+,12-6-. The van der Waals surface area contributed by atoms with E-state index in [2.05, 4.69) is 41.4 Å². The topological polar surface area (TPSA) is 32.6 Å². The third kappa shape index (κ3) is 5.41. The summed E-state index contributed by atoms with van der Waals surface area (Å²) >= 11 is 2.16. The summed E-state index contributed by atoms with van der Waals surface area (Å²) in [6.07, 6.45) is 4.24. The van der Waals surface area contributed by atoms with Gasteiger partial charge in [0.2, 0.25) is 0 Å². The van der Waals surface area contributed by atoms with Gasteiger partial charge >= 0.3 is 0 Å². The van der Waals surface area contributed by atoms with Gasteiger partial charge in [-0.1, -0.05) is 13.8 Å². The van der Waals surface area contributed by atoms with E-state index in [0.717, 1.165) is 22.1 Å². The summed E-state index contributed by atoms with van der Waals surface area (Å²) in [6.45, 7) is 6.32. The van der Waals surface area contributed by atoms with Crippen molar-refractivity contribution in [1.29, 1.82) is 0 Å². The normalized spacial score (nSPS) is 14.0. The highest BCUT2D eigenvalue weighted by Crippen LogP contribution is 2.14. The van der Waals surface area contributed by atoms with Crippen LogP contribution in [-0.2, 0) is 0 Å². The molecule has 0 heterocycles. The Balaban J connectivity index is 4.25. The minimum absolute atomic E-state index is 0.0958. The van der Waals surface area contributed by atoms with Crippen molar-refractivity contribution in [2.24, 2.45) is 10.9 Å². The van der Waals surface area contributed by atoms with E-state index < -0.39 is 0 Å². The summed E-state index contributed by atoms with van der Waals surface area (Å²) in [4.78, 5) is 4.32. The molecule has 0 aromatic carbocycles. The first-order valence-corrected chi connectivity index (χ1v) is 5.73. The fourth-order valence-corrected chi connectivity index (χ4v) is 1.18. The lowest BCUT2D eigenvalue weighted by atomic mass is 10.1. The summed E-state index contributed by atoms with van der Waals surface area (Å²) in [5.41, 5.74) is 0.933. The van der Waals surface area contributed by atoms with Crippen LogP contribution in [0.5, 0.6) is 0 Å². The molecule has 0 fully saturated rings. The second-order valence-corrected chi connectivity index (χ2v) is 4.11. The summed E-state index contributed by atoms with van der Waals surface area (Å²) in [5, 5.41) is 8.85. The predicted octanol–water partition coefficient (Wildman–Crippen LogP) is 3.15. The van der Waals surface area contributed by atoms with Crippen LogP contribution in [0.4, 0.5) is 0 Å². The molecule has 0 aliphatic carbocycles. The molecule has 3 heteroatoms. The Morgan fingerprint density at radius 2 is 2.00 bits per heavy atom. The Labute approximate surface area is 94.3 Å². The lowest BCUT2D eigenvalue weighted by molar-refractivity contribution is 0.331. The number of aliphatic hydroxyl groups excluding tert-OH is 1. The average molecular weight is 295 g/mol. The predicted molar refractivity (Wildman–Crippen MR) is 66.4 cm³/mol. The smallest absolute Gasteiger partial charge is 0.102 e. The van der Waals surface area contributed by atoms with Gasteiger partial charge in [0, 0.05) is 6.21 Å². The first kappa shape index (κ1) is 13.1. The average Bonchev–Trinajstić information content (AvgIpc) is 2.17. The van der Waals surface area contributed by atoms with Crippen LogP contribution in [0, 0.1) is 5.92 Å². The molecule has 0 saturated carbocycles. The monoisotopic (exact) mass is 295 g/mol. The fraction of sp³-hybridized carbons (Fsp3) is 0.700. The van der Waals surface area contributed by atoms with Crippen molar-refractivity contribution in [1.82, 2.24) is 0 Å². The van der Waals surface area contributed by atoms with Crippen molar-refractivity contribution in [2.45, 2.75) is 33.6 Å². The maximum Gasteiger partial charge on any atom is 0.102 e. The van der Waals surface area contributed by atoms with Crippen LogP contribution < -0.4 is 0 Å². The molecule has 0 radical (unpaired) electrons. The van der Waals surface area contributed by atoms with E-state index in [1.54, 1.807) is 0 Å². The largest absolute Gasteiger partial charge is 0.392 e. The minimum atomic E-state index is 0.0958. The Morgan fingerprint density at radius 3 is 2.38 bits per heavy atom. The molecule has 13 heavy (non-hydrogen) atoms. The second kappa shape index (κ2) is 7.50. The molecule has 0 amide bonds. The van der Waals surface area contributed by atoms with Crippen LogP contribution in [0.15, 0.2) is 14.3 Å². The maximum absolute atomic E-state index is 8.85. The molecule has 0 aliphatic rings. The van der Waals surface area contributed by atoms with Gasteiger partial charge in [0.05, 0.1) is 6.61 Å². The number of hydrogen-bond acceptors (Lipinski definition) is 2. The fourth-order valence-electron chi connectivity index (χ4n) is 0.846. The van der Waals surface area contributed by atoms with Gasteiger partial charge in [-0.25, -0.2) is 0 Å². The van der Waals surface area contributed by atoms with Gasteiger partial charge in [0.15, 0.2) is 0 Å². The lowest BCUT2D eigenvalue weighted by Gasteiger charge is -2.04. The molecule has 0 aromatic rings. The first-order chi connectivity index (χ1) is 6.15. The highest BCUT2D eigenvalue weighted by Gasteiger charge is 1.99. The number of rotatable bonds is 5. The van der Waals surface area contributed by atoms with E-state index in [0.29, 0.717) is 5.92 Å². The van der Waals surface area contributed by atoms with Crippen molar-refractivity contribution < 1.29 is 5.11 Å². The van der Waals surface area contributed by atoms with E-state index >= 15 is 0 Å². The van der Waals surface area contributed by atoms with Crippen molar-refractivity contribution in [3.8, 4) is 0 Å². The molecular formula is C10H18INO.